The number of rotatable bonds is 13. The van der Waals surface area contributed by atoms with Gasteiger partial charge in [-0.3, -0.25) is 0 Å². The quantitative estimate of drug-likeness (QED) is 0.0533. The van der Waals surface area contributed by atoms with Crippen LogP contribution in [0.1, 0.15) is 103 Å². The van der Waals surface area contributed by atoms with Crippen LogP contribution < -0.4 is 34.4 Å². The molecule has 8 aromatic rings. The highest BCUT2D eigenvalue weighted by molar-refractivity contribution is 7.54. The van der Waals surface area contributed by atoms with Crippen LogP contribution in [0.3, 0.4) is 0 Å². The van der Waals surface area contributed by atoms with Gasteiger partial charge in [-0.2, -0.15) is 59.9 Å². The molecule has 0 aliphatic carbocycles. The van der Waals surface area contributed by atoms with Gasteiger partial charge in [-0.05, 0) is 58.0 Å². The van der Waals surface area contributed by atoms with Gasteiger partial charge in [0.05, 0.1) is 50.6 Å². The van der Waals surface area contributed by atoms with E-state index in [-0.39, 0.29) is 77.3 Å². The van der Waals surface area contributed by atoms with Crippen molar-refractivity contribution in [2.45, 2.75) is 173 Å². The van der Waals surface area contributed by atoms with E-state index < -0.39 is 65.6 Å². The third-order valence-corrected chi connectivity index (χ3v) is 17.3. The molecule has 17 N–H and O–H groups in total. The number of anilines is 6. The maximum absolute atomic E-state index is 11.9. The van der Waals surface area contributed by atoms with Gasteiger partial charge in [0.25, 0.3) is 0 Å². The third kappa shape index (κ3) is 18.4. The zero-order valence-electron chi connectivity index (χ0n) is 57.8. The van der Waals surface area contributed by atoms with E-state index >= 15 is 0 Å². The molecular weight excluding hydrogens is 1400 g/mol. The van der Waals surface area contributed by atoms with Gasteiger partial charge in [0, 0.05) is 33.3 Å². The molecule has 101 heavy (non-hydrogen) atoms. The summed E-state index contributed by atoms with van der Waals surface area (Å²) in [5.74, 6) is -1.97. The minimum absolute atomic E-state index is 0.0100. The van der Waals surface area contributed by atoms with E-state index in [9.17, 15) is 35.3 Å². The Balaban J connectivity index is 0.000000286. The molecule has 11 rings (SSSR count). The summed E-state index contributed by atoms with van der Waals surface area (Å²) in [6.07, 6.45) is 3.14. The Morgan fingerprint density at radius 2 is 0.941 bits per heavy atom. The van der Waals surface area contributed by atoms with Gasteiger partial charge in [0.2, 0.25) is 34.8 Å². The molecule has 9 heterocycles. The molecule has 40 heteroatoms. The van der Waals surface area contributed by atoms with Crippen LogP contribution >= 0.6 is 34.4 Å². The number of nitriles is 3. The van der Waals surface area contributed by atoms with Crippen LogP contribution in [0.2, 0.25) is 26.0 Å². The molecule has 3 aliphatic rings. The van der Waals surface area contributed by atoms with Gasteiger partial charge in [-0.1, -0.05) is 115 Å². The minimum Gasteiger partial charge on any atom is -0.397 e. The number of imidazole rings is 3. The van der Waals surface area contributed by atoms with E-state index in [1.165, 1.54) is 34.5 Å². The molecule has 31 nitrogen and oxygen atoms in total. The summed E-state index contributed by atoms with van der Waals surface area (Å²) < 4.78 is 61.4. The highest BCUT2D eigenvalue weighted by atomic mass is 35.6. The number of benzene rings is 2. The van der Waals surface area contributed by atoms with Gasteiger partial charge in [0.15, 0.2) is 42.5 Å². The Morgan fingerprint density at radius 3 is 1.28 bits per heavy atom. The van der Waals surface area contributed by atoms with Crippen molar-refractivity contribution in [2.24, 2.45) is 11.8 Å². The van der Waals surface area contributed by atoms with Crippen molar-refractivity contribution in [3.63, 3.8) is 0 Å². The summed E-state index contributed by atoms with van der Waals surface area (Å²) >= 11 is 14.4. The van der Waals surface area contributed by atoms with Gasteiger partial charge in [-0.25, -0.2) is 33.8 Å². The predicted octanol–water partition coefficient (Wildman–Crippen LogP) is 6.72. The van der Waals surface area contributed by atoms with Gasteiger partial charge in [-0.15, -0.1) is 15.3 Å². The van der Waals surface area contributed by atoms with Crippen molar-refractivity contribution in [1.29, 1.82) is 15.8 Å². The zero-order valence-corrected chi connectivity index (χ0v) is 61.1. The van der Waals surface area contributed by atoms with Gasteiger partial charge in [0.1, 0.15) is 58.2 Å². The number of nitrogens with zero attached hydrogens (tertiary/aromatic N) is 15. The summed E-state index contributed by atoms with van der Waals surface area (Å²) in [7, 11) is -0.701. The van der Waals surface area contributed by atoms with Crippen molar-refractivity contribution >= 4 is 107 Å². The van der Waals surface area contributed by atoms with Crippen molar-refractivity contribution < 1.29 is 62.7 Å². The number of hydrogen-bond acceptors (Lipinski definition) is 28. The van der Waals surface area contributed by atoms with Crippen molar-refractivity contribution in [2.75, 3.05) is 47.6 Å². The van der Waals surface area contributed by atoms with Crippen LogP contribution in [-0.4, -0.2) is 159 Å². The van der Waals surface area contributed by atoms with Crippen LogP contribution in [0, 0.1) is 45.5 Å². The van der Waals surface area contributed by atoms with E-state index in [4.69, 9.17) is 112 Å². The van der Waals surface area contributed by atoms with E-state index in [1.807, 2.05) is 128 Å². The molecule has 0 saturated carbocycles. The van der Waals surface area contributed by atoms with Gasteiger partial charge >= 0.3 is 12.5 Å². The van der Waals surface area contributed by atoms with Crippen molar-refractivity contribution in [3.05, 3.63) is 107 Å². The maximum Gasteiger partial charge on any atom is 0.450 e. The average molecular weight is 1490 g/mol. The number of aliphatic hydroxyl groups excluding tert-OH is 3. The van der Waals surface area contributed by atoms with Crippen LogP contribution in [0.5, 0.6) is 0 Å². The lowest BCUT2D eigenvalue weighted by Gasteiger charge is -2.39. The number of aromatic nitrogens is 12. The standard InChI is InChI=1S/C21H25N7O2.C20H26N6O3.C12H15N7O4.C4H9NSi.C2H5BF.C2H6O.BCl3.F2/c1-4-15-13(2)20(3,29-11-14-8-6-5-7-9-14)21(12-22,30-15)16-10-25-18-17(23)26-19(24)27-28(16)18;1-4-14-12(2)19(3,28-11-13-8-6-5-7-9-13)20(27,29-14)15-10-23-17-16(21)24-18(22)25-26(15)17;1-11(22)7(21)5(3-20)23-12(11,4-13)6-2-16-9-8(14)17-10(15)18-19(6)9;1-6(2,3)4-5;1-2-3-4;1-2-3;2-1(3)4;1-2/h5-10,13,15H,4,11H2,1-3H3,(H4,23,24,26,27);5-10,12,14,27H,4,11H2,1-3H3,(H4,21,22,24,25);2,5,7,20-22H,3H2,1H3,(H4,14,15,17,18);1-3H3;2H2,1H3;3H,2H2,1H3;;/t13-,15-,20-,21+;12-,14-,19-,20+;5-,7-,11-,12+;;;;;/m111...../s1. The Hall–Kier alpha value is -8.03. The number of nitrogens with two attached hydrogens (primary N) is 6. The lowest BCUT2D eigenvalue weighted by molar-refractivity contribution is -0.288. The smallest absolute Gasteiger partial charge is 0.397 e. The first-order valence-corrected chi connectivity index (χ1v) is 36.1. The fraction of sp³-hybridized carbons (Fsp3) is 0.508. The van der Waals surface area contributed by atoms with E-state index in [0.717, 1.165) is 22.1 Å². The molecule has 1 radical (unpaired) electrons. The van der Waals surface area contributed by atoms with Crippen molar-refractivity contribution in [1.82, 2.24) is 58.7 Å². The van der Waals surface area contributed by atoms with Gasteiger partial charge < -0.3 is 87.9 Å². The second-order valence-corrected chi connectivity index (χ2v) is 31.0. The predicted molar refractivity (Wildman–Crippen MR) is 378 cm³/mol. The third-order valence-electron chi connectivity index (χ3n) is 16.7. The lowest BCUT2D eigenvalue weighted by Crippen LogP contribution is -2.52. The van der Waals surface area contributed by atoms with E-state index in [1.54, 1.807) is 13.8 Å². The summed E-state index contributed by atoms with van der Waals surface area (Å²) in [5.41, 5.74) is 32.8. The number of halogens is 6. The number of fused-ring (bicyclic) bond motifs is 3. The molecule has 0 spiro atoms. The second-order valence-electron chi connectivity index (χ2n) is 24.3. The van der Waals surface area contributed by atoms with Crippen LogP contribution in [0.4, 0.5) is 48.8 Å². The number of nitrogen functional groups attached to an aromatic ring is 6. The lowest BCUT2D eigenvalue weighted by atomic mass is 9.75. The highest BCUT2D eigenvalue weighted by Crippen LogP contribution is 2.54. The monoisotopic (exact) mass is 1480 g/mol. The first-order valence-electron chi connectivity index (χ1n) is 31.3. The molecular formula is C61H86B2Cl3F3N21O10Si. The topological polar surface area (TPSA) is 504 Å². The molecule has 3 aliphatic heterocycles. The Labute approximate surface area is 598 Å². The number of aliphatic hydroxyl groups is 5. The summed E-state index contributed by atoms with van der Waals surface area (Å²) in [4.78, 5) is 23.5. The fourth-order valence-corrected chi connectivity index (χ4v) is 11.1. The Kier molecular flexibility index (Phi) is 31.0. The van der Waals surface area contributed by atoms with Crippen LogP contribution in [-0.2, 0) is 53.9 Å². The summed E-state index contributed by atoms with van der Waals surface area (Å²) in [5, 5.41) is 90.3. The molecule has 12 atom stereocenters. The Bertz CT molecular complexity index is 4090. The SMILES string of the molecule is CCO.CC[B]F.CC[C@H]1O[C@@](C#N)(c2cnc3c(N)nc(N)nn23)[C@](C)(OCc2ccccc2)[C@@H]1C.CC[C@H]1O[C@@](O)(c2cnc3c(N)nc(N)nn23)[C@](C)(OCc2ccccc2)[C@@H]1C.C[C@@]1(O)[C@H](O)[C@@H](CO)O[C@@]1(C#N)c1cnc2c(N)nc(N)nn12.C[Si](C)(C)C#N.ClB(Cl)Cl.FF. The van der Waals surface area contributed by atoms with E-state index in [0.29, 0.717) is 56.2 Å². The van der Waals surface area contributed by atoms with Crippen molar-refractivity contribution in [3.8, 4) is 17.8 Å². The molecule has 6 aromatic heterocycles. The molecule has 0 unspecified atom stereocenters. The fourth-order valence-electron chi connectivity index (χ4n) is 11.1. The normalized spacial score (nSPS) is 26.1. The molecule has 0 amide bonds. The molecule has 2 aromatic carbocycles. The molecule has 547 valence electrons. The summed E-state index contributed by atoms with van der Waals surface area (Å²) in [6.45, 7) is 22.9. The first-order chi connectivity index (χ1) is 47.6. The largest absolute Gasteiger partial charge is 0.450 e. The number of ether oxygens (including phenoxy) is 5. The molecule has 0 bridgehead atoms. The number of hydrogen-bond donors (Lipinski definition) is 11. The van der Waals surface area contributed by atoms with Crippen LogP contribution in [0.25, 0.3) is 16.9 Å². The minimum atomic E-state index is -2.04. The average Bonchev–Trinajstić information content (AvgIpc) is 1.58. The summed E-state index contributed by atoms with van der Waals surface area (Å²) in [6, 6.07) is 23.9. The molecule has 3 saturated heterocycles. The zero-order chi connectivity index (χ0) is 76.2. The molecule has 3 fully saturated rings. The van der Waals surface area contributed by atoms with Crippen LogP contribution in [0.15, 0.2) is 79.3 Å². The first kappa shape index (κ1) is 85.4. The second kappa shape index (κ2) is 36.7. The highest BCUT2D eigenvalue weighted by Gasteiger charge is 2.67. The Morgan fingerprint density at radius 1 is 0.614 bits per heavy atom. The maximum atomic E-state index is 11.9. The van der Waals surface area contributed by atoms with E-state index in [2.05, 4.69) is 57.0 Å².